The molecule has 1 fully saturated rings. The number of carbonyl (C=O) groups excluding carboxylic acids is 1. The molecule has 0 aromatic heterocycles. The van der Waals surface area contributed by atoms with E-state index in [1.54, 1.807) is 24.3 Å². The van der Waals surface area contributed by atoms with Crippen LogP contribution in [0.2, 0.25) is 0 Å². The fourth-order valence-corrected chi connectivity index (χ4v) is 2.83. The monoisotopic (exact) mass is 373 g/mol. The molecule has 1 heterocycles. The third-order valence-corrected chi connectivity index (χ3v) is 4.22. The van der Waals surface area contributed by atoms with E-state index in [2.05, 4.69) is 5.32 Å². The minimum absolute atomic E-state index is 0.122. The molecule has 1 unspecified atom stereocenters. The second-order valence-electron chi connectivity index (χ2n) is 6.40. The van der Waals surface area contributed by atoms with E-state index in [4.69, 9.17) is 14.2 Å². The Hall–Kier alpha value is -2.60. The van der Waals surface area contributed by atoms with Gasteiger partial charge >= 0.3 is 0 Å². The first-order valence-electron chi connectivity index (χ1n) is 9.22. The Bertz CT molecular complexity index is 746. The molecule has 1 saturated heterocycles. The molecule has 144 valence electrons. The molecule has 1 amide bonds. The van der Waals surface area contributed by atoms with E-state index in [9.17, 15) is 9.18 Å². The van der Waals surface area contributed by atoms with Crippen molar-refractivity contribution in [1.29, 1.82) is 0 Å². The van der Waals surface area contributed by atoms with Gasteiger partial charge in [-0.15, -0.1) is 0 Å². The molecule has 27 heavy (non-hydrogen) atoms. The highest BCUT2D eigenvalue weighted by Gasteiger charge is 2.16. The van der Waals surface area contributed by atoms with Gasteiger partial charge in [-0.1, -0.05) is 18.2 Å². The summed E-state index contributed by atoms with van der Waals surface area (Å²) in [7, 11) is 0. The van der Waals surface area contributed by atoms with Crippen LogP contribution in [-0.2, 0) is 9.53 Å². The summed E-state index contributed by atoms with van der Waals surface area (Å²) in [6.45, 7) is 1.59. The number of para-hydroxylation sites is 1. The van der Waals surface area contributed by atoms with E-state index >= 15 is 0 Å². The standard InChI is InChI=1S/C21H24FNO4/c22-19-9-1-2-10-20(19)26-13-5-11-21(24)23-16-6-3-7-17(14-16)27-15-18-8-4-12-25-18/h1-3,6-7,9-10,14,18H,4-5,8,11-13,15H2,(H,23,24). The second-order valence-corrected chi connectivity index (χ2v) is 6.40. The van der Waals surface area contributed by atoms with Crippen LogP contribution in [-0.4, -0.2) is 31.8 Å². The molecule has 0 bridgehead atoms. The van der Waals surface area contributed by atoms with Gasteiger partial charge in [0.2, 0.25) is 5.91 Å². The summed E-state index contributed by atoms with van der Waals surface area (Å²) in [6, 6.07) is 13.5. The summed E-state index contributed by atoms with van der Waals surface area (Å²) >= 11 is 0. The fraction of sp³-hybridized carbons (Fsp3) is 0.381. The molecular formula is C21H24FNO4. The van der Waals surface area contributed by atoms with Gasteiger partial charge in [-0.3, -0.25) is 4.79 Å². The first-order chi connectivity index (χ1) is 13.2. The van der Waals surface area contributed by atoms with E-state index in [1.807, 2.05) is 18.2 Å². The Balaban J connectivity index is 1.38. The van der Waals surface area contributed by atoms with Gasteiger partial charge in [0, 0.05) is 24.8 Å². The van der Waals surface area contributed by atoms with E-state index in [0.29, 0.717) is 24.5 Å². The number of benzene rings is 2. The molecule has 6 heteroatoms. The average Bonchev–Trinajstić information content (AvgIpc) is 3.19. The number of nitrogens with one attached hydrogen (secondary N) is 1. The molecule has 1 aliphatic heterocycles. The van der Waals surface area contributed by atoms with Crippen molar-refractivity contribution < 1.29 is 23.4 Å². The zero-order valence-electron chi connectivity index (χ0n) is 15.2. The predicted octanol–water partition coefficient (Wildman–Crippen LogP) is 4.18. The van der Waals surface area contributed by atoms with Crippen molar-refractivity contribution in [2.75, 3.05) is 25.1 Å². The van der Waals surface area contributed by atoms with Crippen molar-refractivity contribution in [3.8, 4) is 11.5 Å². The van der Waals surface area contributed by atoms with Gasteiger partial charge < -0.3 is 19.5 Å². The molecule has 0 aliphatic carbocycles. The van der Waals surface area contributed by atoms with E-state index in [1.165, 1.54) is 6.07 Å². The largest absolute Gasteiger partial charge is 0.491 e. The van der Waals surface area contributed by atoms with Gasteiger partial charge in [0.1, 0.15) is 12.4 Å². The zero-order valence-corrected chi connectivity index (χ0v) is 15.2. The van der Waals surface area contributed by atoms with Crippen LogP contribution in [0, 0.1) is 5.82 Å². The van der Waals surface area contributed by atoms with E-state index < -0.39 is 5.82 Å². The molecule has 1 aliphatic rings. The summed E-state index contributed by atoms with van der Waals surface area (Å²) in [5.41, 5.74) is 0.680. The minimum atomic E-state index is -0.401. The summed E-state index contributed by atoms with van der Waals surface area (Å²) in [5.74, 6) is 0.380. The Labute approximate surface area is 158 Å². The van der Waals surface area contributed by atoms with Crippen molar-refractivity contribution in [3.05, 3.63) is 54.3 Å². The topological polar surface area (TPSA) is 56.8 Å². The maximum atomic E-state index is 13.4. The highest BCUT2D eigenvalue weighted by molar-refractivity contribution is 5.90. The number of hydrogen-bond acceptors (Lipinski definition) is 4. The zero-order chi connectivity index (χ0) is 18.9. The predicted molar refractivity (Wildman–Crippen MR) is 101 cm³/mol. The summed E-state index contributed by atoms with van der Waals surface area (Å²) in [4.78, 5) is 12.1. The third-order valence-electron chi connectivity index (χ3n) is 4.22. The van der Waals surface area contributed by atoms with Crippen LogP contribution in [0.4, 0.5) is 10.1 Å². The second kappa shape index (κ2) is 9.92. The summed E-state index contributed by atoms with van der Waals surface area (Å²) < 4.78 is 30.1. The molecule has 3 rings (SSSR count). The lowest BCUT2D eigenvalue weighted by atomic mass is 10.2. The lowest BCUT2D eigenvalue weighted by Gasteiger charge is -2.12. The van der Waals surface area contributed by atoms with Gasteiger partial charge in [0.05, 0.1) is 12.7 Å². The van der Waals surface area contributed by atoms with Gasteiger partial charge in [0.15, 0.2) is 11.6 Å². The van der Waals surface area contributed by atoms with E-state index in [-0.39, 0.29) is 30.8 Å². The maximum absolute atomic E-state index is 13.4. The first kappa shape index (κ1) is 19.2. The van der Waals surface area contributed by atoms with Crippen molar-refractivity contribution in [2.24, 2.45) is 0 Å². The number of rotatable bonds is 9. The number of ether oxygens (including phenoxy) is 3. The molecule has 0 spiro atoms. The van der Waals surface area contributed by atoms with Gasteiger partial charge in [-0.2, -0.15) is 0 Å². The van der Waals surface area contributed by atoms with Crippen molar-refractivity contribution in [2.45, 2.75) is 31.8 Å². The fourth-order valence-electron chi connectivity index (χ4n) is 2.83. The Morgan fingerprint density at radius 2 is 2.07 bits per heavy atom. The number of hydrogen-bond donors (Lipinski definition) is 1. The quantitative estimate of drug-likeness (QED) is 0.670. The number of carbonyl (C=O) groups is 1. The Kier molecular flexibility index (Phi) is 7.04. The molecule has 1 atom stereocenters. The molecule has 1 N–H and O–H groups in total. The highest BCUT2D eigenvalue weighted by Crippen LogP contribution is 2.20. The van der Waals surface area contributed by atoms with Crippen LogP contribution in [0.3, 0.4) is 0 Å². The van der Waals surface area contributed by atoms with Gasteiger partial charge in [0.25, 0.3) is 0 Å². The lowest BCUT2D eigenvalue weighted by Crippen LogP contribution is -2.16. The first-order valence-corrected chi connectivity index (χ1v) is 9.22. The van der Waals surface area contributed by atoms with Crippen molar-refractivity contribution >= 4 is 11.6 Å². The SMILES string of the molecule is O=C(CCCOc1ccccc1F)Nc1cccc(OCC2CCCO2)c1. The number of anilines is 1. The normalized spacial score (nSPS) is 16.1. The van der Waals surface area contributed by atoms with Crippen LogP contribution in [0.15, 0.2) is 48.5 Å². The maximum Gasteiger partial charge on any atom is 0.224 e. The third kappa shape index (κ3) is 6.25. The average molecular weight is 373 g/mol. The van der Waals surface area contributed by atoms with Crippen LogP contribution in [0.5, 0.6) is 11.5 Å². The van der Waals surface area contributed by atoms with Crippen molar-refractivity contribution in [3.63, 3.8) is 0 Å². The van der Waals surface area contributed by atoms with Crippen molar-refractivity contribution in [1.82, 2.24) is 0 Å². The van der Waals surface area contributed by atoms with Gasteiger partial charge in [-0.25, -0.2) is 4.39 Å². The lowest BCUT2D eigenvalue weighted by molar-refractivity contribution is -0.116. The summed E-state index contributed by atoms with van der Waals surface area (Å²) in [5, 5.41) is 2.84. The molecule has 0 radical (unpaired) electrons. The van der Waals surface area contributed by atoms with E-state index in [0.717, 1.165) is 19.4 Å². The Morgan fingerprint density at radius 1 is 1.19 bits per heavy atom. The minimum Gasteiger partial charge on any atom is -0.491 e. The van der Waals surface area contributed by atoms with Crippen LogP contribution in [0.25, 0.3) is 0 Å². The van der Waals surface area contributed by atoms with Crippen LogP contribution < -0.4 is 14.8 Å². The summed E-state index contributed by atoms with van der Waals surface area (Å²) in [6.07, 6.45) is 3.03. The number of amides is 1. The molecule has 2 aromatic carbocycles. The molecule has 0 saturated carbocycles. The molecular weight excluding hydrogens is 349 g/mol. The van der Waals surface area contributed by atoms with Gasteiger partial charge in [-0.05, 0) is 43.5 Å². The Morgan fingerprint density at radius 3 is 2.89 bits per heavy atom. The molecule has 5 nitrogen and oxygen atoms in total. The smallest absolute Gasteiger partial charge is 0.224 e. The highest BCUT2D eigenvalue weighted by atomic mass is 19.1. The van der Waals surface area contributed by atoms with Crippen LogP contribution >= 0.6 is 0 Å². The number of halogens is 1. The molecule has 2 aromatic rings. The van der Waals surface area contributed by atoms with Crippen LogP contribution in [0.1, 0.15) is 25.7 Å².